The van der Waals surface area contributed by atoms with Crippen LogP contribution in [0.1, 0.15) is 43.9 Å². The molecule has 1 aromatic rings. The maximum absolute atomic E-state index is 11.6. The number of nitrogens with zero attached hydrogens (tertiary/aromatic N) is 3. The fourth-order valence-electron chi connectivity index (χ4n) is 2.35. The monoisotopic (exact) mass is 302 g/mol. The van der Waals surface area contributed by atoms with Gasteiger partial charge < -0.3 is 9.67 Å². The molecule has 1 aliphatic rings. The van der Waals surface area contributed by atoms with Gasteiger partial charge in [-0.2, -0.15) is 0 Å². The van der Waals surface area contributed by atoms with Crippen LogP contribution in [-0.2, 0) is 27.8 Å². The molecule has 1 unspecified atom stereocenters. The second kappa shape index (κ2) is 5.88. The van der Waals surface area contributed by atoms with E-state index >= 15 is 0 Å². The Hall–Kier alpha value is -1.48. The van der Waals surface area contributed by atoms with Crippen LogP contribution < -0.4 is 4.72 Å². The third kappa shape index (κ3) is 3.54. The van der Waals surface area contributed by atoms with Crippen molar-refractivity contribution < 1.29 is 18.3 Å². The lowest BCUT2D eigenvalue weighted by Gasteiger charge is -2.14. The fraction of sp³-hybridized carbons (Fsp3) is 0.727. The predicted octanol–water partition coefficient (Wildman–Crippen LogP) is 0.0695. The number of hydrogen-bond donors (Lipinski definition) is 2. The molecule has 0 aromatic carbocycles. The molecule has 112 valence electrons. The lowest BCUT2D eigenvalue weighted by Crippen LogP contribution is -2.33. The topological polar surface area (TPSA) is 114 Å². The van der Waals surface area contributed by atoms with Crippen molar-refractivity contribution in [3.63, 3.8) is 0 Å². The van der Waals surface area contributed by atoms with Crippen LogP contribution in [0.15, 0.2) is 0 Å². The maximum Gasteiger partial charge on any atom is 0.320 e. The SMILES string of the molecule is CC(NS(=O)(=O)CC(=O)O)c1nnc2n1CCCCC2. The molecule has 0 saturated carbocycles. The standard InChI is InChI=1S/C11H18N4O4S/c1-8(14-20(18,19)7-10(16)17)11-13-12-9-5-3-2-4-6-15(9)11/h8,14H,2-7H2,1H3,(H,16,17). The summed E-state index contributed by atoms with van der Waals surface area (Å²) >= 11 is 0. The van der Waals surface area contributed by atoms with E-state index in [0.29, 0.717) is 5.82 Å². The zero-order chi connectivity index (χ0) is 14.8. The van der Waals surface area contributed by atoms with Crippen LogP contribution >= 0.6 is 0 Å². The molecule has 0 saturated heterocycles. The second-order valence-electron chi connectivity index (χ2n) is 4.93. The predicted molar refractivity (Wildman–Crippen MR) is 70.6 cm³/mol. The number of rotatable bonds is 5. The Bertz CT molecular complexity index is 596. The minimum atomic E-state index is -3.87. The van der Waals surface area contributed by atoms with E-state index in [2.05, 4.69) is 14.9 Å². The molecule has 1 aliphatic heterocycles. The average Bonchev–Trinajstić information content (AvgIpc) is 2.56. The van der Waals surface area contributed by atoms with Gasteiger partial charge in [0.25, 0.3) is 0 Å². The fourth-order valence-corrected chi connectivity index (χ4v) is 3.41. The Morgan fingerprint density at radius 2 is 2.15 bits per heavy atom. The van der Waals surface area contributed by atoms with Gasteiger partial charge in [-0.3, -0.25) is 4.79 Å². The number of carboxylic acids is 1. The number of aromatic nitrogens is 3. The van der Waals surface area contributed by atoms with Crippen LogP contribution in [0.5, 0.6) is 0 Å². The lowest BCUT2D eigenvalue weighted by atomic mass is 10.2. The Kier molecular flexibility index (Phi) is 4.39. The Morgan fingerprint density at radius 3 is 2.85 bits per heavy atom. The van der Waals surface area contributed by atoms with Crippen LogP contribution in [0.3, 0.4) is 0 Å². The summed E-state index contributed by atoms with van der Waals surface area (Å²) in [5, 5.41) is 16.7. The Labute approximate surface area is 117 Å². The van der Waals surface area contributed by atoms with Gasteiger partial charge in [0.15, 0.2) is 11.6 Å². The normalized spacial score (nSPS) is 17.2. The summed E-state index contributed by atoms with van der Waals surface area (Å²) in [6.07, 6.45) is 4.01. The molecule has 2 heterocycles. The smallest absolute Gasteiger partial charge is 0.320 e. The zero-order valence-corrected chi connectivity index (χ0v) is 12.1. The van der Waals surface area contributed by atoms with E-state index < -0.39 is 27.8 Å². The van der Waals surface area contributed by atoms with Crippen molar-refractivity contribution >= 4 is 16.0 Å². The number of hydrogen-bond acceptors (Lipinski definition) is 5. The van der Waals surface area contributed by atoms with E-state index in [1.807, 2.05) is 4.57 Å². The van der Waals surface area contributed by atoms with E-state index in [1.54, 1.807) is 6.92 Å². The van der Waals surface area contributed by atoms with E-state index in [4.69, 9.17) is 5.11 Å². The van der Waals surface area contributed by atoms with E-state index in [0.717, 1.165) is 38.1 Å². The van der Waals surface area contributed by atoms with Crippen LogP contribution in [0.25, 0.3) is 0 Å². The Morgan fingerprint density at radius 1 is 1.40 bits per heavy atom. The first kappa shape index (κ1) is 14.9. The highest BCUT2D eigenvalue weighted by molar-refractivity contribution is 7.90. The number of carbonyl (C=O) groups is 1. The highest BCUT2D eigenvalue weighted by atomic mass is 32.2. The number of carboxylic acid groups (broad SMARTS) is 1. The van der Waals surface area contributed by atoms with Crippen LogP contribution in [0, 0.1) is 0 Å². The number of nitrogens with one attached hydrogen (secondary N) is 1. The molecular formula is C11H18N4O4S. The van der Waals surface area contributed by atoms with Gasteiger partial charge in [-0.15, -0.1) is 10.2 Å². The second-order valence-corrected chi connectivity index (χ2v) is 6.68. The van der Waals surface area contributed by atoms with Gasteiger partial charge in [-0.1, -0.05) is 6.42 Å². The van der Waals surface area contributed by atoms with Gasteiger partial charge >= 0.3 is 5.97 Å². The third-order valence-electron chi connectivity index (χ3n) is 3.20. The van der Waals surface area contributed by atoms with Gasteiger partial charge in [0.2, 0.25) is 10.0 Å². The zero-order valence-electron chi connectivity index (χ0n) is 11.2. The first-order valence-electron chi connectivity index (χ1n) is 6.53. The molecule has 1 aromatic heterocycles. The van der Waals surface area contributed by atoms with Gasteiger partial charge in [0, 0.05) is 13.0 Å². The highest BCUT2D eigenvalue weighted by Gasteiger charge is 2.24. The van der Waals surface area contributed by atoms with Gasteiger partial charge in [0.1, 0.15) is 5.82 Å². The van der Waals surface area contributed by atoms with E-state index in [9.17, 15) is 13.2 Å². The number of sulfonamides is 1. The molecule has 2 rings (SSSR count). The van der Waals surface area contributed by atoms with Crippen molar-refractivity contribution in [2.24, 2.45) is 0 Å². The summed E-state index contributed by atoms with van der Waals surface area (Å²) in [5.74, 6) is -0.930. The quantitative estimate of drug-likeness (QED) is 0.795. The van der Waals surface area contributed by atoms with Gasteiger partial charge in [-0.05, 0) is 19.8 Å². The van der Waals surface area contributed by atoms with Crippen molar-refractivity contribution in [1.29, 1.82) is 0 Å². The number of aryl methyl sites for hydroxylation is 1. The summed E-state index contributed by atoms with van der Waals surface area (Å²) in [4.78, 5) is 10.5. The van der Waals surface area contributed by atoms with E-state index in [-0.39, 0.29) is 0 Å². The van der Waals surface area contributed by atoms with E-state index in [1.165, 1.54) is 0 Å². The number of aliphatic carboxylic acids is 1. The van der Waals surface area contributed by atoms with Crippen LogP contribution in [0.4, 0.5) is 0 Å². The molecule has 9 heteroatoms. The van der Waals surface area contributed by atoms with Crippen LogP contribution in [0.2, 0.25) is 0 Å². The van der Waals surface area contributed by atoms with Crippen molar-refractivity contribution in [2.75, 3.05) is 5.75 Å². The minimum Gasteiger partial charge on any atom is -0.480 e. The highest BCUT2D eigenvalue weighted by Crippen LogP contribution is 2.19. The Balaban J connectivity index is 2.16. The molecule has 2 N–H and O–H groups in total. The molecular weight excluding hydrogens is 284 g/mol. The molecule has 8 nitrogen and oxygen atoms in total. The van der Waals surface area contributed by atoms with Gasteiger partial charge in [-0.25, -0.2) is 13.1 Å². The maximum atomic E-state index is 11.6. The van der Waals surface area contributed by atoms with Crippen LogP contribution in [-0.4, -0.2) is 40.0 Å². The molecule has 0 radical (unpaired) electrons. The van der Waals surface area contributed by atoms with Crippen molar-refractivity contribution in [1.82, 2.24) is 19.5 Å². The summed E-state index contributed by atoms with van der Waals surface area (Å²) in [6, 6.07) is -0.598. The van der Waals surface area contributed by atoms with Crippen molar-refractivity contribution in [3.05, 3.63) is 11.6 Å². The van der Waals surface area contributed by atoms with Crippen molar-refractivity contribution in [2.45, 2.75) is 45.2 Å². The molecule has 20 heavy (non-hydrogen) atoms. The molecule has 0 fully saturated rings. The summed E-state index contributed by atoms with van der Waals surface area (Å²) in [5.41, 5.74) is 0. The summed E-state index contributed by atoms with van der Waals surface area (Å²) < 4.78 is 27.5. The molecule has 0 aliphatic carbocycles. The molecule has 0 amide bonds. The summed E-state index contributed by atoms with van der Waals surface area (Å²) in [7, 11) is -3.87. The minimum absolute atomic E-state index is 0.538. The first-order valence-corrected chi connectivity index (χ1v) is 8.18. The summed E-state index contributed by atoms with van der Waals surface area (Å²) in [6.45, 7) is 2.41. The van der Waals surface area contributed by atoms with Gasteiger partial charge in [0.05, 0.1) is 6.04 Å². The molecule has 0 bridgehead atoms. The lowest BCUT2D eigenvalue weighted by molar-refractivity contribution is -0.134. The molecule has 0 spiro atoms. The number of fused-ring (bicyclic) bond motifs is 1. The molecule has 1 atom stereocenters. The average molecular weight is 302 g/mol. The third-order valence-corrected chi connectivity index (χ3v) is 4.53. The van der Waals surface area contributed by atoms with Crippen molar-refractivity contribution in [3.8, 4) is 0 Å². The largest absolute Gasteiger partial charge is 0.480 e. The first-order chi connectivity index (χ1) is 9.39.